The van der Waals surface area contributed by atoms with Gasteiger partial charge in [-0.2, -0.15) is 0 Å². The predicted molar refractivity (Wildman–Crippen MR) is 89.0 cm³/mol. The van der Waals surface area contributed by atoms with Crippen molar-refractivity contribution in [3.8, 4) is 0 Å². The molecule has 0 atom stereocenters. The molecule has 0 saturated heterocycles. The van der Waals surface area contributed by atoms with Crippen molar-refractivity contribution in [3.63, 3.8) is 0 Å². The molecule has 3 heteroatoms. The first-order valence-electron chi connectivity index (χ1n) is 8.55. The second-order valence-electron chi connectivity index (χ2n) is 7.09. The zero-order chi connectivity index (χ0) is 15.3. The first kappa shape index (κ1) is 19.9. The van der Waals surface area contributed by atoms with Gasteiger partial charge in [0.25, 0.3) is 0 Å². The van der Waals surface area contributed by atoms with E-state index in [4.69, 9.17) is 5.11 Å². The van der Waals surface area contributed by atoms with Crippen LogP contribution in [0.25, 0.3) is 0 Å². The van der Waals surface area contributed by atoms with E-state index < -0.39 is 0 Å². The molecular weight excluding hydrogens is 248 g/mol. The van der Waals surface area contributed by atoms with Crippen LogP contribution in [0.5, 0.6) is 0 Å². The van der Waals surface area contributed by atoms with Crippen molar-refractivity contribution in [2.24, 2.45) is 0 Å². The Bertz CT molecular complexity index is 205. The number of hydrogen-bond donors (Lipinski definition) is 1. The monoisotopic (exact) mass is 287 g/mol. The lowest BCUT2D eigenvalue weighted by Gasteiger charge is -2.31. The van der Waals surface area contributed by atoms with Gasteiger partial charge in [0, 0.05) is 13.2 Å². The number of likely N-dealkylation sites (N-methyl/N-ethyl adjacent to an activating group) is 2. The van der Waals surface area contributed by atoms with Gasteiger partial charge in [-0.15, -0.1) is 0 Å². The standard InChI is InChI=1S/C17H39N2O/c1-18(2)14-16-19(3,4)15-12-10-8-6-5-7-9-11-13-17-20/h20H,5-17H2,1-4H3/q+1. The van der Waals surface area contributed by atoms with Gasteiger partial charge in [0.1, 0.15) is 0 Å². The van der Waals surface area contributed by atoms with Gasteiger partial charge in [0.15, 0.2) is 0 Å². The molecule has 122 valence electrons. The van der Waals surface area contributed by atoms with Crippen molar-refractivity contribution in [2.45, 2.75) is 57.8 Å². The molecule has 0 unspecified atom stereocenters. The van der Waals surface area contributed by atoms with Crippen LogP contribution in [0.15, 0.2) is 0 Å². The molecule has 20 heavy (non-hydrogen) atoms. The fourth-order valence-corrected chi connectivity index (χ4v) is 2.47. The molecule has 0 aromatic heterocycles. The maximum atomic E-state index is 8.70. The van der Waals surface area contributed by atoms with Gasteiger partial charge in [-0.25, -0.2) is 0 Å². The summed E-state index contributed by atoms with van der Waals surface area (Å²) in [5, 5.41) is 8.70. The molecule has 3 nitrogen and oxygen atoms in total. The third kappa shape index (κ3) is 14.3. The third-order valence-electron chi connectivity index (χ3n) is 4.07. The molecule has 0 amide bonds. The van der Waals surface area contributed by atoms with E-state index in [0.29, 0.717) is 6.61 Å². The number of hydrogen-bond acceptors (Lipinski definition) is 2. The van der Waals surface area contributed by atoms with Crippen LogP contribution < -0.4 is 0 Å². The van der Waals surface area contributed by atoms with E-state index in [1.165, 1.54) is 71.0 Å². The Kier molecular flexibility index (Phi) is 12.5. The minimum Gasteiger partial charge on any atom is -0.396 e. The summed E-state index contributed by atoms with van der Waals surface area (Å²) in [6.07, 6.45) is 11.8. The average Bonchev–Trinajstić information content (AvgIpc) is 2.39. The minimum atomic E-state index is 0.363. The molecule has 0 bridgehead atoms. The predicted octanol–water partition coefficient (Wildman–Crippen LogP) is 3.13. The zero-order valence-corrected chi connectivity index (χ0v) is 14.5. The van der Waals surface area contributed by atoms with Crippen LogP contribution >= 0.6 is 0 Å². The highest BCUT2D eigenvalue weighted by molar-refractivity contribution is 4.48. The fourth-order valence-electron chi connectivity index (χ4n) is 2.47. The van der Waals surface area contributed by atoms with Gasteiger partial charge in [-0.3, -0.25) is 0 Å². The van der Waals surface area contributed by atoms with Gasteiger partial charge >= 0.3 is 0 Å². The molecule has 0 spiro atoms. The average molecular weight is 288 g/mol. The molecule has 0 aliphatic heterocycles. The first-order valence-corrected chi connectivity index (χ1v) is 8.55. The topological polar surface area (TPSA) is 23.5 Å². The van der Waals surface area contributed by atoms with Crippen LogP contribution in [0.4, 0.5) is 0 Å². The van der Waals surface area contributed by atoms with Crippen molar-refractivity contribution >= 4 is 0 Å². The summed E-state index contributed by atoms with van der Waals surface area (Å²) in [6.45, 7) is 4.10. The second kappa shape index (κ2) is 12.6. The van der Waals surface area contributed by atoms with E-state index in [0.717, 1.165) is 10.9 Å². The molecule has 0 aliphatic carbocycles. The number of rotatable bonds is 14. The van der Waals surface area contributed by atoms with E-state index in [1.807, 2.05) is 0 Å². The number of quaternary nitrogens is 1. The summed E-state index contributed by atoms with van der Waals surface area (Å²) >= 11 is 0. The van der Waals surface area contributed by atoms with Crippen LogP contribution in [0.1, 0.15) is 57.8 Å². The summed E-state index contributed by atoms with van der Waals surface area (Å²) in [6, 6.07) is 0. The number of aliphatic hydroxyl groups is 1. The third-order valence-corrected chi connectivity index (χ3v) is 4.07. The molecule has 0 saturated carbocycles. The SMILES string of the molecule is CN(C)CC[N+](C)(C)CCCCCCCCCCCO. The first-order chi connectivity index (χ1) is 9.48. The maximum absolute atomic E-state index is 8.70. The van der Waals surface area contributed by atoms with Crippen molar-refractivity contribution in [1.29, 1.82) is 0 Å². The lowest BCUT2D eigenvalue weighted by Crippen LogP contribution is -2.44. The zero-order valence-electron chi connectivity index (χ0n) is 14.5. The van der Waals surface area contributed by atoms with E-state index in [-0.39, 0.29) is 0 Å². The van der Waals surface area contributed by atoms with Crippen molar-refractivity contribution in [1.82, 2.24) is 4.90 Å². The molecule has 0 radical (unpaired) electrons. The van der Waals surface area contributed by atoms with Crippen molar-refractivity contribution < 1.29 is 9.59 Å². The quantitative estimate of drug-likeness (QED) is 0.392. The van der Waals surface area contributed by atoms with Crippen LogP contribution in [0.2, 0.25) is 0 Å². The highest BCUT2D eigenvalue weighted by Crippen LogP contribution is 2.11. The lowest BCUT2D eigenvalue weighted by molar-refractivity contribution is -0.890. The number of nitrogens with zero attached hydrogens (tertiary/aromatic N) is 2. The Morgan fingerprint density at radius 1 is 0.700 bits per heavy atom. The second-order valence-corrected chi connectivity index (χ2v) is 7.09. The van der Waals surface area contributed by atoms with Gasteiger partial charge in [-0.1, -0.05) is 38.5 Å². The smallest absolute Gasteiger partial charge is 0.0911 e. The van der Waals surface area contributed by atoms with E-state index in [1.54, 1.807) is 0 Å². The summed E-state index contributed by atoms with van der Waals surface area (Å²) in [7, 11) is 9.01. The summed E-state index contributed by atoms with van der Waals surface area (Å²) in [4.78, 5) is 2.27. The van der Waals surface area contributed by atoms with Gasteiger partial charge in [0.05, 0.1) is 27.2 Å². The molecular formula is C17H39N2O+. The van der Waals surface area contributed by atoms with Crippen LogP contribution in [-0.4, -0.2) is 68.9 Å². The van der Waals surface area contributed by atoms with Crippen molar-refractivity contribution in [3.05, 3.63) is 0 Å². The molecule has 0 aromatic rings. The molecule has 0 rings (SSSR count). The number of aliphatic hydroxyl groups excluding tert-OH is 1. The normalized spacial score (nSPS) is 12.3. The Morgan fingerprint density at radius 3 is 1.60 bits per heavy atom. The van der Waals surface area contributed by atoms with Gasteiger partial charge in [-0.05, 0) is 33.4 Å². The maximum Gasteiger partial charge on any atom is 0.0911 e. The Morgan fingerprint density at radius 2 is 1.15 bits per heavy atom. The van der Waals surface area contributed by atoms with Gasteiger partial charge in [0.2, 0.25) is 0 Å². The van der Waals surface area contributed by atoms with E-state index >= 15 is 0 Å². The Labute approximate surface area is 127 Å². The summed E-state index contributed by atoms with van der Waals surface area (Å²) in [5.41, 5.74) is 0. The summed E-state index contributed by atoms with van der Waals surface area (Å²) < 4.78 is 1.15. The Hall–Kier alpha value is -0.120. The lowest BCUT2D eigenvalue weighted by atomic mass is 10.1. The van der Waals surface area contributed by atoms with Gasteiger partial charge < -0.3 is 14.5 Å². The molecule has 0 aromatic carbocycles. The molecule has 0 heterocycles. The van der Waals surface area contributed by atoms with Crippen LogP contribution in [-0.2, 0) is 0 Å². The number of unbranched alkanes of at least 4 members (excludes halogenated alkanes) is 8. The summed E-state index contributed by atoms with van der Waals surface area (Å²) in [5.74, 6) is 0. The molecule has 0 fully saturated rings. The highest BCUT2D eigenvalue weighted by atomic mass is 16.2. The van der Waals surface area contributed by atoms with Crippen LogP contribution in [0, 0.1) is 0 Å². The van der Waals surface area contributed by atoms with Crippen LogP contribution in [0.3, 0.4) is 0 Å². The fraction of sp³-hybridized carbons (Fsp3) is 1.00. The van der Waals surface area contributed by atoms with Crippen molar-refractivity contribution in [2.75, 3.05) is 54.4 Å². The largest absolute Gasteiger partial charge is 0.396 e. The molecule has 0 aliphatic rings. The minimum absolute atomic E-state index is 0.363. The van der Waals surface area contributed by atoms with E-state index in [9.17, 15) is 0 Å². The molecule has 1 N–H and O–H groups in total. The van der Waals surface area contributed by atoms with E-state index in [2.05, 4.69) is 33.1 Å². The Balaban J connectivity index is 3.30. The highest BCUT2D eigenvalue weighted by Gasteiger charge is 2.13.